The van der Waals surface area contributed by atoms with Gasteiger partial charge in [-0.3, -0.25) is 9.69 Å². The molecule has 0 radical (unpaired) electrons. The summed E-state index contributed by atoms with van der Waals surface area (Å²) < 4.78 is 6.13. The molecule has 6 nitrogen and oxygen atoms in total. The lowest BCUT2D eigenvalue weighted by molar-refractivity contribution is -0.117. The zero-order valence-electron chi connectivity index (χ0n) is 15.0. The van der Waals surface area contributed by atoms with E-state index in [9.17, 15) is 4.79 Å². The van der Waals surface area contributed by atoms with Crippen molar-refractivity contribution < 1.29 is 9.53 Å². The number of benzene rings is 1. The Kier molecular flexibility index (Phi) is 6.54. The van der Waals surface area contributed by atoms with Crippen molar-refractivity contribution in [3.05, 3.63) is 58.1 Å². The van der Waals surface area contributed by atoms with E-state index in [2.05, 4.69) is 31.2 Å². The fourth-order valence-electron chi connectivity index (χ4n) is 2.48. The second-order valence-electron chi connectivity index (χ2n) is 5.96. The molecule has 8 heteroatoms. The zero-order chi connectivity index (χ0) is 19.2. The Bertz CT molecular complexity index is 914. The first kappa shape index (κ1) is 19.5. The van der Waals surface area contributed by atoms with Crippen molar-refractivity contribution in [1.29, 1.82) is 0 Å². The van der Waals surface area contributed by atoms with Crippen LogP contribution in [-0.2, 0) is 11.3 Å². The number of pyridine rings is 1. The number of carbonyl (C=O) groups is 1. The van der Waals surface area contributed by atoms with E-state index < -0.39 is 0 Å². The third kappa shape index (κ3) is 5.59. The third-order valence-electron chi connectivity index (χ3n) is 3.71. The summed E-state index contributed by atoms with van der Waals surface area (Å²) in [6.07, 6.45) is 1.65. The van der Waals surface area contributed by atoms with E-state index in [-0.39, 0.29) is 12.5 Å². The lowest BCUT2D eigenvalue weighted by atomic mass is 10.2. The summed E-state index contributed by atoms with van der Waals surface area (Å²) in [7, 11) is 3.54. The number of amides is 1. The molecule has 0 aliphatic rings. The average molecular weight is 447 g/mol. The van der Waals surface area contributed by atoms with Crippen LogP contribution in [0.3, 0.4) is 0 Å². The highest BCUT2D eigenvalue weighted by atomic mass is 79.9. The SMILES string of the molecule is COc1cccc(-c2nc(CN(C)CC(=O)Nc3ccc(Br)cn3)cs2)c1. The molecule has 1 aromatic carbocycles. The fraction of sp³-hybridized carbons (Fsp3) is 0.211. The van der Waals surface area contributed by atoms with Crippen molar-refractivity contribution in [3.8, 4) is 16.3 Å². The van der Waals surface area contributed by atoms with Crippen molar-refractivity contribution in [1.82, 2.24) is 14.9 Å². The molecule has 2 aromatic heterocycles. The predicted molar refractivity (Wildman–Crippen MR) is 111 cm³/mol. The van der Waals surface area contributed by atoms with E-state index in [1.807, 2.05) is 47.7 Å². The molecule has 0 spiro atoms. The van der Waals surface area contributed by atoms with Gasteiger partial charge >= 0.3 is 0 Å². The number of ether oxygens (including phenoxy) is 1. The number of anilines is 1. The van der Waals surface area contributed by atoms with E-state index in [4.69, 9.17) is 4.74 Å². The van der Waals surface area contributed by atoms with Crippen molar-refractivity contribution in [2.75, 3.05) is 26.0 Å². The molecule has 1 N–H and O–H groups in total. The van der Waals surface area contributed by atoms with Gasteiger partial charge in [-0.2, -0.15) is 0 Å². The maximum absolute atomic E-state index is 12.2. The summed E-state index contributed by atoms with van der Waals surface area (Å²) in [4.78, 5) is 22.9. The van der Waals surface area contributed by atoms with Gasteiger partial charge in [0.2, 0.25) is 5.91 Å². The number of carbonyl (C=O) groups excluding carboxylic acids is 1. The molecule has 3 aromatic rings. The summed E-state index contributed by atoms with van der Waals surface area (Å²) in [6.45, 7) is 0.839. The topological polar surface area (TPSA) is 67.3 Å². The van der Waals surface area contributed by atoms with Crippen LogP contribution in [0.4, 0.5) is 5.82 Å². The van der Waals surface area contributed by atoms with Crippen LogP contribution >= 0.6 is 27.3 Å². The van der Waals surface area contributed by atoms with Gasteiger partial charge < -0.3 is 10.1 Å². The molecule has 2 heterocycles. The number of likely N-dealkylation sites (N-methyl/N-ethyl adjacent to an activating group) is 1. The molecule has 1 amide bonds. The molecule has 0 atom stereocenters. The van der Waals surface area contributed by atoms with Crippen LogP contribution in [0.2, 0.25) is 0 Å². The number of thiazole rings is 1. The number of aromatic nitrogens is 2. The van der Waals surface area contributed by atoms with Crippen LogP contribution in [0.1, 0.15) is 5.69 Å². The van der Waals surface area contributed by atoms with E-state index in [1.165, 1.54) is 0 Å². The molecule has 3 rings (SSSR count). The van der Waals surface area contributed by atoms with Crippen molar-refractivity contribution in [2.24, 2.45) is 0 Å². The zero-order valence-corrected chi connectivity index (χ0v) is 17.4. The molecule has 0 unspecified atom stereocenters. The van der Waals surface area contributed by atoms with Gasteiger partial charge in [-0.05, 0) is 47.2 Å². The highest BCUT2D eigenvalue weighted by Gasteiger charge is 2.11. The number of methoxy groups -OCH3 is 1. The molecular formula is C19H19BrN4O2S. The van der Waals surface area contributed by atoms with Gasteiger partial charge in [0.1, 0.15) is 16.6 Å². The lowest BCUT2D eigenvalue weighted by Gasteiger charge is -2.14. The number of hydrogen-bond donors (Lipinski definition) is 1. The van der Waals surface area contributed by atoms with Crippen molar-refractivity contribution in [2.45, 2.75) is 6.54 Å². The van der Waals surface area contributed by atoms with E-state index >= 15 is 0 Å². The maximum atomic E-state index is 12.2. The Balaban J connectivity index is 1.56. The molecule has 0 saturated carbocycles. The smallest absolute Gasteiger partial charge is 0.239 e. The van der Waals surface area contributed by atoms with Crippen LogP contribution in [0.5, 0.6) is 5.75 Å². The Labute approximate surface area is 170 Å². The van der Waals surface area contributed by atoms with E-state index in [0.717, 1.165) is 26.5 Å². The minimum atomic E-state index is -0.115. The first-order valence-corrected chi connectivity index (χ1v) is 9.89. The minimum absolute atomic E-state index is 0.115. The molecule has 0 bridgehead atoms. The van der Waals surface area contributed by atoms with Gasteiger partial charge in [0.05, 0.1) is 19.3 Å². The summed E-state index contributed by atoms with van der Waals surface area (Å²) in [6, 6.07) is 11.4. The van der Waals surface area contributed by atoms with Crippen LogP contribution in [0.25, 0.3) is 10.6 Å². The predicted octanol–water partition coefficient (Wildman–Crippen LogP) is 4.05. The first-order valence-electron chi connectivity index (χ1n) is 8.22. The Morgan fingerprint density at radius 3 is 2.93 bits per heavy atom. The van der Waals surface area contributed by atoms with Crippen LogP contribution < -0.4 is 10.1 Å². The van der Waals surface area contributed by atoms with Crippen LogP contribution in [0, 0.1) is 0 Å². The van der Waals surface area contributed by atoms with Crippen molar-refractivity contribution >= 4 is 39.0 Å². The Morgan fingerprint density at radius 1 is 1.33 bits per heavy atom. The molecule has 0 aliphatic heterocycles. The molecule has 140 valence electrons. The van der Waals surface area contributed by atoms with Crippen LogP contribution in [-0.4, -0.2) is 41.5 Å². The average Bonchev–Trinajstić information content (AvgIpc) is 3.12. The van der Waals surface area contributed by atoms with Gasteiger partial charge in [-0.25, -0.2) is 9.97 Å². The lowest BCUT2D eigenvalue weighted by Crippen LogP contribution is -2.30. The van der Waals surface area contributed by atoms with Gasteiger partial charge in [0, 0.05) is 28.2 Å². The second-order valence-corrected chi connectivity index (χ2v) is 7.73. The Morgan fingerprint density at radius 2 is 2.19 bits per heavy atom. The molecule has 0 aliphatic carbocycles. The minimum Gasteiger partial charge on any atom is -0.497 e. The van der Waals surface area contributed by atoms with Crippen LogP contribution in [0.15, 0.2) is 52.4 Å². The Hall–Kier alpha value is -2.29. The summed E-state index contributed by atoms with van der Waals surface area (Å²) in [5, 5.41) is 5.73. The highest BCUT2D eigenvalue weighted by Crippen LogP contribution is 2.27. The van der Waals surface area contributed by atoms with Gasteiger partial charge in [-0.1, -0.05) is 12.1 Å². The summed E-state index contributed by atoms with van der Waals surface area (Å²) >= 11 is 4.90. The number of halogens is 1. The maximum Gasteiger partial charge on any atom is 0.239 e. The number of nitrogens with one attached hydrogen (secondary N) is 1. The number of rotatable bonds is 7. The molecular weight excluding hydrogens is 428 g/mol. The number of hydrogen-bond acceptors (Lipinski definition) is 6. The quantitative estimate of drug-likeness (QED) is 0.592. The normalized spacial score (nSPS) is 10.8. The van der Waals surface area contributed by atoms with Gasteiger partial charge in [-0.15, -0.1) is 11.3 Å². The third-order valence-corrected chi connectivity index (χ3v) is 5.12. The molecule has 0 fully saturated rings. The van der Waals surface area contributed by atoms with Crippen molar-refractivity contribution in [3.63, 3.8) is 0 Å². The summed E-state index contributed by atoms with van der Waals surface area (Å²) in [5.74, 6) is 1.22. The van der Waals surface area contributed by atoms with Gasteiger partial charge in [0.25, 0.3) is 0 Å². The largest absolute Gasteiger partial charge is 0.497 e. The van der Waals surface area contributed by atoms with Gasteiger partial charge in [0.15, 0.2) is 0 Å². The fourth-order valence-corrected chi connectivity index (χ4v) is 3.52. The van der Waals surface area contributed by atoms with E-state index in [0.29, 0.717) is 12.4 Å². The molecule has 27 heavy (non-hydrogen) atoms. The standard InChI is InChI=1S/C19H19BrN4O2S/c1-24(11-18(25)23-17-7-6-14(20)9-21-17)10-15-12-27-19(22-15)13-4-3-5-16(8-13)26-2/h3-9,12H,10-11H2,1-2H3,(H,21,23,25). The molecule has 0 saturated heterocycles. The first-order chi connectivity index (χ1) is 13.0. The number of nitrogens with zero attached hydrogens (tertiary/aromatic N) is 3. The monoisotopic (exact) mass is 446 g/mol. The highest BCUT2D eigenvalue weighted by molar-refractivity contribution is 9.10. The van der Waals surface area contributed by atoms with E-state index in [1.54, 1.807) is 30.7 Å². The second kappa shape index (κ2) is 9.07. The summed E-state index contributed by atoms with van der Waals surface area (Å²) in [5.41, 5.74) is 1.95.